The number of benzene rings is 1. The van der Waals surface area contributed by atoms with Gasteiger partial charge in [-0.05, 0) is 57.7 Å². The molecule has 1 aliphatic heterocycles. The summed E-state index contributed by atoms with van der Waals surface area (Å²) in [5.41, 5.74) is 2.79. The Hall–Kier alpha value is -1.55. The first kappa shape index (κ1) is 16.8. The van der Waals surface area contributed by atoms with Gasteiger partial charge in [0.2, 0.25) is 0 Å². The number of hydrogen-bond donors (Lipinski definition) is 1. The molecule has 0 saturated carbocycles. The monoisotopic (exact) mass is 305 g/mol. The van der Waals surface area contributed by atoms with Crippen LogP contribution >= 0.6 is 0 Å². The zero-order valence-corrected chi connectivity index (χ0v) is 14.2. The summed E-state index contributed by atoms with van der Waals surface area (Å²) in [7, 11) is 0. The first-order chi connectivity index (χ1) is 10.2. The van der Waals surface area contributed by atoms with Crippen LogP contribution in [0.25, 0.3) is 0 Å². The number of likely N-dealkylation sites (tertiary alicyclic amines) is 1. The fourth-order valence-electron chi connectivity index (χ4n) is 2.89. The minimum absolute atomic E-state index is 0.0630. The van der Waals surface area contributed by atoms with E-state index in [-0.39, 0.29) is 12.0 Å². The Bertz CT molecular complexity index is 548. The molecule has 2 unspecified atom stereocenters. The van der Waals surface area contributed by atoms with Gasteiger partial charge >= 0.3 is 6.09 Å². The second-order valence-corrected chi connectivity index (χ2v) is 7.21. The van der Waals surface area contributed by atoms with E-state index < -0.39 is 11.7 Å². The number of carbonyl (C=O) groups excluding carboxylic acids is 1. The zero-order chi connectivity index (χ0) is 16.5. The third-order valence-corrected chi connectivity index (χ3v) is 4.29. The molecule has 1 aromatic carbocycles. The summed E-state index contributed by atoms with van der Waals surface area (Å²) in [6, 6.07) is 6.00. The lowest BCUT2D eigenvalue weighted by Gasteiger charge is -2.25. The highest BCUT2D eigenvalue weighted by atomic mass is 16.6. The van der Waals surface area contributed by atoms with Crippen LogP contribution < -0.4 is 0 Å². The first-order valence-electron chi connectivity index (χ1n) is 7.91. The maximum atomic E-state index is 12.1. The molecule has 1 N–H and O–H groups in total. The van der Waals surface area contributed by atoms with Gasteiger partial charge in [0, 0.05) is 19.0 Å². The van der Waals surface area contributed by atoms with Crippen LogP contribution in [0, 0.1) is 19.8 Å². The van der Waals surface area contributed by atoms with Crippen LogP contribution in [0.15, 0.2) is 18.2 Å². The number of aliphatic hydroxyl groups excluding tert-OH is 1. The van der Waals surface area contributed by atoms with Crippen LogP contribution in [0.3, 0.4) is 0 Å². The third-order valence-electron chi connectivity index (χ3n) is 4.29. The number of nitrogens with zero attached hydrogens (tertiary/aromatic N) is 1. The van der Waals surface area contributed by atoms with E-state index in [0.717, 1.165) is 17.5 Å². The average molecular weight is 305 g/mol. The standard InChI is InChI=1S/C18H27NO3/c1-12-7-6-8-15(13(12)2)16(20)14-9-10-19(11-14)17(21)22-18(3,4)5/h6-8,14,16,20H,9-11H2,1-5H3. The van der Waals surface area contributed by atoms with Crippen molar-refractivity contribution in [2.45, 2.75) is 52.7 Å². The van der Waals surface area contributed by atoms with Crippen molar-refractivity contribution in [1.82, 2.24) is 4.90 Å². The van der Waals surface area contributed by atoms with E-state index in [1.165, 1.54) is 5.56 Å². The van der Waals surface area contributed by atoms with Crippen LogP contribution in [0.1, 0.15) is 50.0 Å². The highest BCUT2D eigenvalue weighted by Crippen LogP contribution is 2.33. The summed E-state index contributed by atoms with van der Waals surface area (Å²) < 4.78 is 5.40. The van der Waals surface area contributed by atoms with Crippen LogP contribution in [-0.2, 0) is 4.74 Å². The van der Waals surface area contributed by atoms with Crippen LogP contribution in [0.2, 0.25) is 0 Å². The van der Waals surface area contributed by atoms with Crippen molar-refractivity contribution >= 4 is 6.09 Å². The number of aryl methyl sites for hydroxylation is 1. The molecule has 1 amide bonds. The summed E-state index contributed by atoms with van der Waals surface area (Å²) >= 11 is 0. The maximum Gasteiger partial charge on any atom is 0.410 e. The first-order valence-corrected chi connectivity index (χ1v) is 7.91. The minimum Gasteiger partial charge on any atom is -0.444 e. The predicted molar refractivity (Wildman–Crippen MR) is 86.8 cm³/mol. The number of ether oxygens (including phenoxy) is 1. The average Bonchev–Trinajstić information content (AvgIpc) is 2.89. The largest absolute Gasteiger partial charge is 0.444 e. The highest BCUT2D eigenvalue weighted by Gasteiger charge is 2.34. The SMILES string of the molecule is Cc1cccc(C(O)C2CCN(C(=O)OC(C)(C)C)C2)c1C. The van der Waals surface area contributed by atoms with Crippen molar-refractivity contribution < 1.29 is 14.6 Å². The number of aliphatic hydroxyl groups is 1. The minimum atomic E-state index is -0.535. The lowest BCUT2D eigenvalue weighted by atomic mass is 9.90. The van der Waals surface area contributed by atoms with Gasteiger partial charge in [-0.2, -0.15) is 0 Å². The maximum absolute atomic E-state index is 12.1. The molecule has 1 heterocycles. The fourth-order valence-corrected chi connectivity index (χ4v) is 2.89. The normalized spacial score (nSPS) is 20.1. The molecule has 2 rings (SSSR count). The van der Waals surface area contributed by atoms with Crippen molar-refractivity contribution in [3.8, 4) is 0 Å². The number of hydrogen-bond acceptors (Lipinski definition) is 3. The molecule has 0 aromatic heterocycles. The molecule has 1 fully saturated rings. The molecule has 1 aromatic rings. The molecular formula is C18H27NO3. The summed E-state index contributed by atoms with van der Waals surface area (Å²) in [6.45, 7) is 10.9. The van der Waals surface area contributed by atoms with E-state index in [0.29, 0.717) is 13.1 Å². The number of amides is 1. The lowest BCUT2D eigenvalue weighted by molar-refractivity contribution is 0.0268. The Labute approximate surface area is 133 Å². The van der Waals surface area contributed by atoms with Crippen molar-refractivity contribution in [2.24, 2.45) is 5.92 Å². The van der Waals surface area contributed by atoms with Gasteiger partial charge in [-0.15, -0.1) is 0 Å². The summed E-state index contributed by atoms with van der Waals surface area (Å²) in [5, 5.41) is 10.7. The van der Waals surface area contributed by atoms with Crippen molar-refractivity contribution in [1.29, 1.82) is 0 Å². The summed E-state index contributed by atoms with van der Waals surface area (Å²) in [5.74, 6) is 0.0630. The molecule has 2 atom stereocenters. The van der Waals surface area contributed by atoms with Crippen molar-refractivity contribution in [2.75, 3.05) is 13.1 Å². The lowest BCUT2D eigenvalue weighted by Crippen LogP contribution is -2.35. The summed E-state index contributed by atoms with van der Waals surface area (Å²) in [4.78, 5) is 13.8. The van der Waals surface area contributed by atoms with E-state index in [1.54, 1.807) is 4.90 Å². The number of carbonyl (C=O) groups is 1. The van der Waals surface area contributed by atoms with Gasteiger partial charge in [-0.25, -0.2) is 4.79 Å². The second-order valence-electron chi connectivity index (χ2n) is 7.21. The molecular weight excluding hydrogens is 278 g/mol. The van der Waals surface area contributed by atoms with E-state index in [9.17, 15) is 9.90 Å². The van der Waals surface area contributed by atoms with Crippen LogP contribution in [0.5, 0.6) is 0 Å². The topological polar surface area (TPSA) is 49.8 Å². The Balaban J connectivity index is 2.04. The van der Waals surface area contributed by atoms with E-state index in [2.05, 4.69) is 0 Å². The third kappa shape index (κ3) is 3.80. The van der Waals surface area contributed by atoms with E-state index in [1.807, 2.05) is 52.8 Å². The Morgan fingerprint density at radius 2 is 2.05 bits per heavy atom. The predicted octanol–water partition coefficient (Wildman–Crippen LogP) is 3.59. The molecule has 1 aliphatic rings. The molecule has 4 nitrogen and oxygen atoms in total. The Kier molecular flexibility index (Phi) is 4.81. The Morgan fingerprint density at radius 3 is 2.68 bits per heavy atom. The van der Waals surface area contributed by atoms with Gasteiger partial charge in [0.05, 0.1) is 6.10 Å². The van der Waals surface area contributed by atoms with E-state index >= 15 is 0 Å². The van der Waals surface area contributed by atoms with E-state index in [4.69, 9.17) is 4.74 Å². The van der Waals surface area contributed by atoms with Gasteiger partial charge < -0.3 is 14.7 Å². The second kappa shape index (κ2) is 6.29. The van der Waals surface area contributed by atoms with Crippen LogP contribution in [-0.4, -0.2) is 34.8 Å². The number of rotatable bonds is 2. The van der Waals surface area contributed by atoms with Gasteiger partial charge in [0.1, 0.15) is 5.60 Å². The molecule has 1 saturated heterocycles. The van der Waals surface area contributed by atoms with Crippen molar-refractivity contribution in [3.63, 3.8) is 0 Å². The fraction of sp³-hybridized carbons (Fsp3) is 0.611. The molecule has 4 heteroatoms. The molecule has 0 spiro atoms. The van der Waals surface area contributed by atoms with Gasteiger partial charge in [0.25, 0.3) is 0 Å². The summed E-state index contributed by atoms with van der Waals surface area (Å²) in [6.07, 6.45) is -0.0242. The quantitative estimate of drug-likeness (QED) is 0.908. The van der Waals surface area contributed by atoms with Gasteiger partial charge in [-0.3, -0.25) is 0 Å². The highest BCUT2D eigenvalue weighted by molar-refractivity contribution is 5.68. The Morgan fingerprint density at radius 1 is 1.36 bits per heavy atom. The molecule has 0 radical (unpaired) electrons. The van der Waals surface area contributed by atoms with Crippen LogP contribution in [0.4, 0.5) is 4.79 Å². The van der Waals surface area contributed by atoms with Gasteiger partial charge in [-0.1, -0.05) is 18.2 Å². The molecule has 22 heavy (non-hydrogen) atoms. The smallest absolute Gasteiger partial charge is 0.410 e. The van der Waals surface area contributed by atoms with Gasteiger partial charge in [0.15, 0.2) is 0 Å². The zero-order valence-electron chi connectivity index (χ0n) is 14.2. The molecule has 0 bridgehead atoms. The molecule has 0 aliphatic carbocycles. The van der Waals surface area contributed by atoms with Crippen molar-refractivity contribution in [3.05, 3.63) is 34.9 Å². The molecule has 122 valence electrons.